The fraction of sp³-hybridized carbons (Fsp3) is 0.333. The van der Waals surface area contributed by atoms with E-state index in [4.69, 9.17) is 21.1 Å². The van der Waals surface area contributed by atoms with E-state index in [-0.39, 0.29) is 30.9 Å². The van der Waals surface area contributed by atoms with Gasteiger partial charge in [-0.25, -0.2) is 0 Å². The fourth-order valence-corrected chi connectivity index (χ4v) is 3.59. The summed E-state index contributed by atoms with van der Waals surface area (Å²) >= 11 is 6.24. The molecule has 7 heteroatoms. The second kappa shape index (κ2) is 9.54. The Kier molecular flexibility index (Phi) is 7.03. The maximum atomic E-state index is 13.3. The van der Waals surface area contributed by atoms with Crippen molar-refractivity contribution in [1.82, 2.24) is 4.90 Å². The van der Waals surface area contributed by atoms with Gasteiger partial charge < -0.3 is 14.8 Å². The van der Waals surface area contributed by atoms with Crippen LogP contribution in [-0.2, 0) is 14.3 Å². The maximum absolute atomic E-state index is 13.3. The van der Waals surface area contributed by atoms with E-state index in [1.165, 1.54) is 12.0 Å². The summed E-state index contributed by atoms with van der Waals surface area (Å²) in [6.07, 6.45) is 0.0130. The molecule has 0 aliphatic carbocycles. The normalized spacial score (nSPS) is 14.1. The number of methoxy groups -OCH3 is 1. The third kappa shape index (κ3) is 4.92. The van der Waals surface area contributed by atoms with Crippen LogP contribution in [0.5, 0.6) is 5.75 Å². The monoisotopic (exact) mass is 442 g/mol. The lowest BCUT2D eigenvalue weighted by Gasteiger charge is -2.16. The number of carbonyl (C=O) groups excluding carboxylic acids is 2. The van der Waals surface area contributed by atoms with E-state index in [1.54, 1.807) is 18.2 Å². The molecule has 1 heterocycles. The number of nitrogens with one attached hydrogen (secondary N) is 1. The number of hydrogen-bond donors (Lipinski definition) is 1. The highest BCUT2D eigenvalue weighted by Crippen LogP contribution is 2.33. The fourth-order valence-electron chi connectivity index (χ4n) is 3.33. The molecule has 1 N–H and O–H groups in total. The molecular formula is C24H27ClN2O4. The van der Waals surface area contributed by atoms with Crippen LogP contribution in [0.25, 0.3) is 5.57 Å². The van der Waals surface area contributed by atoms with Gasteiger partial charge >= 0.3 is 0 Å². The van der Waals surface area contributed by atoms with E-state index >= 15 is 0 Å². The van der Waals surface area contributed by atoms with Crippen LogP contribution in [-0.4, -0.2) is 43.1 Å². The highest BCUT2D eigenvalue weighted by molar-refractivity contribution is 6.36. The van der Waals surface area contributed by atoms with Gasteiger partial charge in [0.25, 0.3) is 11.8 Å². The van der Waals surface area contributed by atoms with E-state index in [0.29, 0.717) is 27.6 Å². The lowest BCUT2D eigenvalue weighted by molar-refractivity contribution is -0.137. The number of nitrogens with zero attached hydrogens (tertiary/aromatic N) is 1. The van der Waals surface area contributed by atoms with Crippen LogP contribution in [0.3, 0.4) is 0 Å². The third-order valence-corrected chi connectivity index (χ3v) is 5.45. The first-order chi connectivity index (χ1) is 14.7. The SMILES string of the molecule is COc1ccc(NC2=C(c3ccc(C)c(C)c3)C(=O)N(CCOC(C)C)C2=O)cc1Cl. The number of imide groups is 1. The quantitative estimate of drug-likeness (QED) is 0.606. The zero-order chi connectivity index (χ0) is 22.7. The van der Waals surface area contributed by atoms with E-state index in [0.717, 1.165) is 11.1 Å². The van der Waals surface area contributed by atoms with Gasteiger partial charge in [0.15, 0.2) is 0 Å². The van der Waals surface area contributed by atoms with Crippen molar-refractivity contribution in [2.75, 3.05) is 25.6 Å². The van der Waals surface area contributed by atoms with Gasteiger partial charge in [0.05, 0.1) is 37.0 Å². The molecule has 3 rings (SSSR count). The van der Waals surface area contributed by atoms with Crippen molar-refractivity contribution < 1.29 is 19.1 Å². The molecule has 0 spiro atoms. The molecule has 164 valence electrons. The van der Waals surface area contributed by atoms with Crippen LogP contribution in [0.1, 0.15) is 30.5 Å². The van der Waals surface area contributed by atoms with Gasteiger partial charge in [-0.1, -0.05) is 29.8 Å². The second-order valence-corrected chi connectivity index (χ2v) is 8.11. The summed E-state index contributed by atoms with van der Waals surface area (Å²) in [5.41, 5.74) is 3.99. The van der Waals surface area contributed by atoms with E-state index < -0.39 is 5.91 Å². The smallest absolute Gasteiger partial charge is 0.278 e. The Labute approximate surface area is 187 Å². The highest BCUT2D eigenvalue weighted by atomic mass is 35.5. The molecular weight excluding hydrogens is 416 g/mol. The van der Waals surface area contributed by atoms with E-state index in [2.05, 4.69) is 5.32 Å². The Morgan fingerprint density at radius 1 is 1.03 bits per heavy atom. The Hall–Kier alpha value is -2.83. The minimum Gasteiger partial charge on any atom is -0.495 e. The van der Waals surface area contributed by atoms with Crippen molar-refractivity contribution in [3.05, 3.63) is 63.8 Å². The average Bonchev–Trinajstić information content (AvgIpc) is 2.94. The number of aryl methyl sites for hydroxylation is 2. The average molecular weight is 443 g/mol. The van der Waals surface area contributed by atoms with Crippen LogP contribution in [0.15, 0.2) is 42.1 Å². The Morgan fingerprint density at radius 3 is 2.39 bits per heavy atom. The first kappa shape index (κ1) is 22.8. The van der Waals surface area contributed by atoms with Crippen molar-refractivity contribution >= 4 is 34.7 Å². The standard InChI is InChI=1S/C24H27ClN2O4/c1-14(2)31-11-10-27-23(28)21(17-7-6-15(3)16(4)12-17)22(24(27)29)26-18-8-9-20(30-5)19(25)13-18/h6-9,12-14,26H,10-11H2,1-5H3. The molecule has 6 nitrogen and oxygen atoms in total. The predicted molar refractivity (Wildman–Crippen MR) is 122 cm³/mol. The highest BCUT2D eigenvalue weighted by Gasteiger charge is 2.39. The summed E-state index contributed by atoms with van der Waals surface area (Å²) in [5, 5.41) is 3.51. The first-order valence-corrected chi connectivity index (χ1v) is 10.5. The summed E-state index contributed by atoms with van der Waals surface area (Å²) in [7, 11) is 1.53. The summed E-state index contributed by atoms with van der Waals surface area (Å²) in [6, 6.07) is 10.8. The number of benzene rings is 2. The molecule has 0 atom stereocenters. The van der Waals surface area contributed by atoms with Crippen molar-refractivity contribution in [3.8, 4) is 5.75 Å². The number of ether oxygens (including phenoxy) is 2. The molecule has 0 unspecified atom stereocenters. The van der Waals surface area contributed by atoms with E-state index in [9.17, 15) is 9.59 Å². The number of rotatable bonds is 8. The molecule has 0 aromatic heterocycles. The van der Waals surface area contributed by atoms with Crippen LogP contribution in [0.2, 0.25) is 5.02 Å². The summed E-state index contributed by atoms with van der Waals surface area (Å²) in [6.45, 7) is 8.25. The molecule has 1 aliphatic rings. The summed E-state index contributed by atoms with van der Waals surface area (Å²) in [4.78, 5) is 27.7. The predicted octanol–water partition coefficient (Wildman–Crippen LogP) is 4.58. The Morgan fingerprint density at radius 2 is 1.77 bits per heavy atom. The molecule has 2 aromatic carbocycles. The summed E-state index contributed by atoms with van der Waals surface area (Å²) < 4.78 is 10.7. The van der Waals surface area contributed by atoms with Crippen molar-refractivity contribution in [3.63, 3.8) is 0 Å². The van der Waals surface area contributed by atoms with Gasteiger partial charge in [-0.3, -0.25) is 14.5 Å². The molecule has 1 aliphatic heterocycles. The van der Waals surface area contributed by atoms with Crippen LogP contribution in [0.4, 0.5) is 5.69 Å². The lowest BCUT2D eigenvalue weighted by atomic mass is 9.99. The largest absolute Gasteiger partial charge is 0.495 e. The Bertz CT molecular complexity index is 1050. The molecule has 0 saturated heterocycles. The molecule has 0 bridgehead atoms. The van der Waals surface area contributed by atoms with Crippen LogP contribution >= 0.6 is 11.6 Å². The van der Waals surface area contributed by atoms with Crippen molar-refractivity contribution in [2.24, 2.45) is 0 Å². The number of hydrogen-bond acceptors (Lipinski definition) is 5. The zero-order valence-corrected chi connectivity index (χ0v) is 19.2. The third-order valence-electron chi connectivity index (χ3n) is 5.15. The molecule has 2 amide bonds. The van der Waals surface area contributed by atoms with Crippen LogP contribution < -0.4 is 10.1 Å². The van der Waals surface area contributed by atoms with Crippen molar-refractivity contribution in [1.29, 1.82) is 0 Å². The molecule has 0 saturated carbocycles. The zero-order valence-electron chi connectivity index (χ0n) is 18.4. The molecule has 0 radical (unpaired) electrons. The van der Waals surface area contributed by atoms with Gasteiger partial charge in [-0.05, 0) is 62.6 Å². The van der Waals surface area contributed by atoms with Gasteiger partial charge in [-0.15, -0.1) is 0 Å². The van der Waals surface area contributed by atoms with E-state index in [1.807, 2.05) is 45.9 Å². The first-order valence-electron chi connectivity index (χ1n) is 10.1. The molecule has 2 aromatic rings. The second-order valence-electron chi connectivity index (χ2n) is 7.70. The number of halogens is 1. The minimum absolute atomic E-state index is 0.0130. The van der Waals surface area contributed by atoms with Crippen molar-refractivity contribution in [2.45, 2.75) is 33.8 Å². The molecule has 31 heavy (non-hydrogen) atoms. The lowest BCUT2D eigenvalue weighted by Crippen LogP contribution is -2.35. The Balaban J connectivity index is 2.00. The topological polar surface area (TPSA) is 67.9 Å². The van der Waals surface area contributed by atoms with Gasteiger partial charge in [0, 0.05) is 5.69 Å². The maximum Gasteiger partial charge on any atom is 0.278 e. The van der Waals surface area contributed by atoms with Gasteiger partial charge in [-0.2, -0.15) is 0 Å². The van der Waals surface area contributed by atoms with Gasteiger partial charge in [0.2, 0.25) is 0 Å². The molecule has 0 fully saturated rings. The number of amides is 2. The summed E-state index contributed by atoms with van der Waals surface area (Å²) in [5.74, 6) is -0.211. The van der Waals surface area contributed by atoms with Gasteiger partial charge in [0.1, 0.15) is 11.4 Å². The minimum atomic E-state index is -0.391. The number of carbonyl (C=O) groups is 2. The number of anilines is 1. The van der Waals surface area contributed by atoms with Crippen LogP contribution in [0, 0.1) is 13.8 Å².